The van der Waals surface area contributed by atoms with Crippen molar-refractivity contribution in [1.82, 2.24) is 4.90 Å². The van der Waals surface area contributed by atoms with Crippen LogP contribution in [0.3, 0.4) is 0 Å². The fourth-order valence-corrected chi connectivity index (χ4v) is 3.44. The van der Waals surface area contributed by atoms with Crippen LogP contribution in [0.5, 0.6) is 5.75 Å². The molecule has 2 amide bonds. The maximum atomic E-state index is 12.5. The molecule has 0 aliphatic carbocycles. The quantitative estimate of drug-likeness (QED) is 0.810. The first-order valence-electron chi connectivity index (χ1n) is 8.84. The molecule has 1 aliphatic rings. The lowest BCUT2D eigenvalue weighted by atomic mass is 10.0. The van der Waals surface area contributed by atoms with Crippen LogP contribution < -0.4 is 10.5 Å². The van der Waals surface area contributed by atoms with Gasteiger partial charge >= 0.3 is 5.97 Å². The summed E-state index contributed by atoms with van der Waals surface area (Å²) in [5, 5.41) is 1.47. The van der Waals surface area contributed by atoms with Gasteiger partial charge in [-0.05, 0) is 36.8 Å². The van der Waals surface area contributed by atoms with Crippen molar-refractivity contribution in [3.8, 4) is 5.75 Å². The molecule has 1 aliphatic heterocycles. The molecule has 0 unspecified atom stereocenters. The van der Waals surface area contributed by atoms with E-state index in [2.05, 4.69) is 0 Å². The predicted octanol–water partition coefficient (Wildman–Crippen LogP) is 1.87. The van der Waals surface area contributed by atoms with Crippen LogP contribution in [0.1, 0.15) is 29.6 Å². The number of ether oxygens (including phenoxy) is 2. The molecule has 1 fully saturated rings. The molecule has 0 radical (unpaired) electrons. The number of fused-ring (bicyclic) bond motifs is 1. The molecule has 142 valence electrons. The van der Waals surface area contributed by atoms with E-state index in [1.54, 1.807) is 25.3 Å². The van der Waals surface area contributed by atoms with Gasteiger partial charge in [0.25, 0.3) is 5.91 Å². The Morgan fingerprint density at radius 3 is 2.56 bits per heavy atom. The number of amides is 2. The summed E-state index contributed by atoms with van der Waals surface area (Å²) in [6.45, 7) is 0.0123. The molecule has 1 atom stereocenters. The molecule has 1 saturated heterocycles. The highest BCUT2D eigenvalue weighted by Crippen LogP contribution is 2.28. The summed E-state index contributed by atoms with van der Waals surface area (Å²) >= 11 is 0. The number of carbonyl (C=O) groups is 3. The highest BCUT2D eigenvalue weighted by Gasteiger charge is 2.31. The largest absolute Gasteiger partial charge is 0.496 e. The Labute approximate surface area is 157 Å². The maximum Gasteiger partial charge on any atom is 0.339 e. The molecule has 0 spiro atoms. The topological polar surface area (TPSA) is 98.9 Å². The predicted molar refractivity (Wildman–Crippen MR) is 99.3 cm³/mol. The first-order valence-corrected chi connectivity index (χ1v) is 8.84. The molecular formula is C20H22N2O5. The van der Waals surface area contributed by atoms with Crippen molar-refractivity contribution in [2.75, 3.05) is 20.3 Å². The number of carbonyl (C=O) groups excluding carboxylic acids is 3. The fraction of sp³-hybridized carbons (Fsp3) is 0.350. The van der Waals surface area contributed by atoms with Crippen molar-refractivity contribution in [3.05, 3.63) is 42.0 Å². The van der Waals surface area contributed by atoms with Gasteiger partial charge in [0.2, 0.25) is 5.91 Å². The fourth-order valence-electron chi connectivity index (χ4n) is 3.44. The van der Waals surface area contributed by atoms with Crippen LogP contribution in [-0.4, -0.2) is 49.0 Å². The van der Waals surface area contributed by atoms with Crippen LogP contribution in [0.15, 0.2) is 36.4 Å². The normalized spacial score (nSPS) is 16.8. The molecule has 0 aromatic heterocycles. The zero-order valence-electron chi connectivity index (χ0n) is 15.1. The third-order valence-corrected chi connectivity index (χ3v) is 4.80. The Hall–Kier alpha value is -3.09. The van der Waals surface area contributed by atoms with Gasteiger partial charge in [0.1, 0.15) is 11.8 Å². The minimum atomic E-state index is -0.633. The van der Waals surface area contributed by atoms with Crippen molar-refractivity contribution in [2.24, 2.45) is 5.73 Å². The first-order chi connectivity index (χ1) is 13.0. The van der Waals surface area contributed by atoms with E-state index in [-0.39, 0.29) is 0 Å². The molecule has 0 bridgehead atoms. The van der Waals surface area contributed by atoms with E-state index in [1.165, 1.54) is 4.90 Å². The second-order valence-corrected chi connectivity index (χ2v) is 6.44. The number of hydrogen-bond acceptors (Lipinski definition) is 5. The number of benzene rings is 2. The van der Waals surface area contributed by atoms with Crippen LogP contribution in [0, 0.1) is 0 Å². The second-order valence-electron chi connectivity index (χ2n) is 6.44. The Balaban J connectivity index is 1.74. The molecule has 7 nitrogen and oxygen atoms in total. The van der Waals surface area contributed by atoms with Crippen LogP contribution in [0.4, 0.5) is 0 Å². The van der Waals surface area contributed by atoms with E-state index < -0.39 is 30.4 Å². The summed E-state index contributed by atoms with van der Waals surface area (Å²) in [5.41, 5.74) is 5.73. The SMILES string of the molecule is COc1ccc(C(=O)OCC(=O)N2CCCC[C@H]2C(N)=O)c2ccccc12. The van der Waals surface area contributed by atoms with Gasteiger partial charge in [-0.1, -0.05) is 24.3 Å². The van der Waals surface area contributed by atoms with Crippen LogP contribution >= 0.6 is 0 Å². The van der Waals surface area contributed by atoms with Crippen molar-refractivity contribution in [1.29, 1.82) is 0 Å². The maximum absolute atomic E-state index is 12.5. The number of piperidine rings is 1. The molecular weight excluding hydrogens is 348 g/mol. The summed E-state index contributed by atoms with van der Waals surface area (Å²) < 4.78 is 10.5. The van der Waals surface area contributed by atoms with Gasteiger partial charge in [0, 0.05) is 11.9 Å². The Kier molecular flexibility index (Phi) is 5.59. The summed E-state index contributed by atoms with van der Waals surface area (Å²) in [6, 6.07) is 9.98. The standard InChI is InChI=1S/C20H22N2O5/c1-26-17-10-9-15(13-6-2-3-7-14(13)17)20(25)27-12-18(23)22-11-5-4-8-16(22)19(21)24/h2-3,6-7,9-10,16H,4-5,8,11-12H2,1H3,(H2,21,24)/t16-/m0/s1. The third kappa shape index (κ3) is 3.86. The van der Waals surface area contributed by atoms with Crippen molar-refractivity contribution in [3.63, 3.8) is 0 Å². The molecule has 0 saturated carbocycles. The summed E-state index contributed by atoms with van der Waals surface area (Å²) in [7, 11) is 1.56. The van der Waals surface area contributed by atoms with E-state index in [0.717, 1.165) is 18.2 Å². The highest BCUT2D eigenvalue weighted by atomic mass is 16.5. The van der Waals surface area contributed by atoms with Crippen LogP contribution in [0.2, 0.25) is 0 Å². The van der Waals surface area contributed by atoms with Crippen LogP contribution in [0.25, 0.3) is 10.8 Å². The van der Waals surface area contributed by atoms with E-state index in [1.807, 2.05) is 18.2 Å². The number of likely N-dealkylation sites (tertiary alicyclic amines) is 1. The monoisotopic (exact) mass is 370 g/mol. The molecule has 2 aromatic carbocycles. The van der Waals surface area contributed by atoms with Gasteiger partial charge < -0.3 is 20.1 Å². The average Bonchev–Trinajstić information content (AvgIpc) is 2.70. The lowest BCUT2D eigenvalue weighted by Gasteiger charge is -2.33. The number of hydrogen-bond donors (Lipinski definition) is 1. The average molecular weight is 370 g/mol. The van der Waals surface area contributed by atoms with Gasteiger partial charge in [-0.25, -0.2) is 4.79 Å². The van der Waals surface area contributed by atoms with Crippen molar-refractivity contribution in [2.45, 2.75) is 25.3 Å². The molecule has 27 heavy (non-hydrogen) atoms. The number of methoxy groups -OCH3 is 1. The molecule has 2 aromatic rings. The molecule has 1 heterocycles. The number of nitrogens with two attached hydrogens (primary N) is 1. The molecule has 7 heteroatoms. The number of rotatable bonds is 5. The minimum Gasteiger partial charge on any atom is -0.496 e. The Bertz CT molecular complexity index is 880. The van der Waals surface area contributed by atoms with E-state index in [0.29, 0.717) is 29.7 Å². The van der Waals surface area contributed by atoms with E-state index in [4.69, 9.17) is 15.2 Å². The van der Waals surface area contributed by atoms with E-state index >= 15 is 0 Å². The first kappa shape index (κ1) is 18.7. The second kappa shape index (κ2) is 8.07. The zero-order valence-corrected chi connectivity index (χ0v) is 15.1. The van der Waals surface area contributed by atoms with Crippen molar-refractivity contribution < 1.29 is 23.9 Å². The lowest BCUT2D eigenvalue weighted by molar-refractivity contribution is -0.143. The minimum absolute atomic E-state index is 0.351. The smallest absolute Gasteiger partial charge is 0.339 e. The summed E-state index contributed by atoms with van der Waals surface area (Å²) in [4.78, 5) is 37.9. The van der Waals surface area contributed by atoms with E-state index in [9.17, 15) is 14.4 Å². The highest BCUT2D eigenvalue weighted by molar-refractivity contribution is 6.06. The van der Waals surface area contributed by atoms with Gasteiger partial charge in [-0.2, -0.15) is 0 Å². The molecule has 2 N–H and O–H groups in total. The lowest BCUT2D eigenvalue weighted by Crippen LogP contribution is -2.51. The number of nitrogens with zero attached hydrogens (tertiary/aromatic N) is 1. The summed E-state index contributed by atoms with van der Waals surface area (Å²) in [5.74, 6) is -0.897. The molecule has 3 rings (SSSR count). The van der Waals surface area contributed by atoms with Gasteiger partial charge in [-0.3, -0.25) is 9.59 Å². The Morgan fingerprint density at radius 1 is 1.11 bits per heavy atom. The van der Waals surface area contributed by atoms with Gasteiger partial charge in [-0.15, -0.1) is 0 Å². The summed E-state index contributed by atoms with van der Waals surface area (Å²) in [6.07, 6.45) is 2.18. The number of esters is 1. The van der Waals surface area contributed by atoms with Gasteiger partial charge in [0.05, 0.1) is 12.7 Å². The van der Waals surface area contributed by atoms with Crippen molar-refractivity contribution >= 4 is 28.6 Å². The Morgan fingerprint density at radius 2 is 1.85 bits per heavy atom. The number of primary amides is 1. The third-order valence-electron chi connectivity index (χ3n) is 4.80. The van der Waals surface area contributed by atoms with Crippen LogP contribution in [-0.2, 0) is 14.3 Å². The van der Waals surface area contributed by atoms with Gasteiger partial charge in [0.15, 0.2) is 6.61 Å². The zero-order chi connectivity index (χ0) is 19.4.